The molecule has 1 aromatic carbocycles. The molecule has 6 nitrogen and oxygen atoms in total. The molecular formula is C15H24N3O3S+. The number of hydrogen-bond acceptors (Lipinski definition) is 3. The third-order valence-electron chi connectivity index (χ3n) is 3.96. The second-order valence-corrected chi connectivity index (χ2v) is 7.96. The Balaban J connectivity index is 1.92. The average Bonchev–Trinajstić information content (AvgIpc) is 2.36. The first-order chi connectivity index (χ1) is 10.2. The molecule has 0 aliphatic carbocycles. The van der Waals surface area contributed by atoms with E-state index in [1.807, 2.05) is 0 Å². The van der Waals surface area contributed by atoms with Gasteiger partial charge in [-0.25, -0.2) is 13.6 Å². The van der Waals surface area contributed by atoms with Gasteiger partial charge in [0, 0.05) is 17.5 Å². The van der Waals surface area contributed by atoms with Crippen molar-refractivity contribution in [3.05, 3.63) is 24.3 Å². The minimum atomic E-state index is -3.70. The predicted molar refractivity (Wildman–Crippen MR) is 85.0 cm³/mol. The van der Waals surface area contributed by atoms with Gasteiger partial charge in [0.2, 0.25) is 10.0 Å². The van der Waals surface area contributed by atoms with Crippen molar-refractivity contribution in [2.45, 2.75) is 25.2 Å². The van der Waals surface area contributed by atoms with Gasteiger partial charge in [-0.3, -0.25) is 4.79 Å². The maximum Gasteiger partial charge on any atom is 0.279 e. The molecule has 0 spiro atoms. The van der Waals surface area contributed by atoms with Crippen LogP contribution in [0.1, 0.15) is 20.3 Å². The van der Waals surface area contributed by atoms with Crippen LogP contribution in [0.5, 0.6) is 0 Å². The van der Waals surface area contributed by atoms with Crippen LogP contribution in [0.25, 0.3) is 0 Å². The van der Waals surface area contributed by atoms with Gasteiger partial charge in [-0.2, -0.15) is 0 Å². The van der Waals surface area contributed by atoms with Crippen LogP contribution in [0, 0.1) is 11.8 Å². The van der Waals surface area contributed by atoms with Crippen molar-refractivity contribution < 1.29 is 18.1 Å². The normalized spacial score (nSPS) is 25.7. The van der Waals surface area contributed by atoms with Crippen molar-refractivity contribution in [1.82, 2.24) is 0 Å². The highest BCUT2D eigenvalue weighted by Crippen LogP contribution is 2.13. The number of amides is 1. The minimum absolute atomic E-state index is 0.0369. The number of carbonyl (C=O) groups excluding carboxylic acids is 1. The Morgan fingerprint density at radius 3 is 2.27 bits per heavy atom. The molecular weight excluding hydrogens is 302 g/mol. The third kappa shape index (κ3) is 4.79. The number of nitrogens with two attached hydrogens (primary N) is 1. The van der Waals surface area contributed by atoms with E-state index in [0.717, 1.165) is 13.1 Å². The number of likely N-dealkylation sites (tertiary alicyclic amines) is 1. The molecule has 7 heteroatoms. The Labute approximate surface area is 131 Å². The van der Waals surface area contributed by atoms with Crippen molar-refractivity contribution in [3.63, 3.8) is 0 Å². The lowest BCUT2D eigenvalue weighted by atomic mass is 9.92. The van der Waals surface area contributed by atoms with Gasteiger partial charge in [-0.05, 0) is 30.7 Å². The number of hydrogen-bond donors (Lipinski definition) is 3. The van der Waals surface area contributed by atoms with Gasteiger partial charge in [-0.1, -0.05) is 13.8 Å². The van der Waals surface area contributed by atoms with E-state index < -0.39 is 10.0 Å². The number of sulfonamides is 1. The number of primary sulfonamides is 1. The maximum atomic E-state index is 12.1. The summed E-state index contributed by atoms with van der Waals surface area (Å²) in [5, 5.41) is 7.84. The van der Waals surface area contributed by atoms with Crippen molar-refractivity contribution in [1.29, 1.82) is 0 Å². The second-order valence-electron chi connectivity index (χ2n) is 6.40. The lowest BCUT2D eigenvalue weighted by molar-refractivity contribution is -0.904. The number of anilines is 1. The molecule has 1 aliphatic heterocycles. The zero-order valence-electron chi connectivity index (χ0n) is 13.0. The number of benzene rings is 1. The molecule has 4 N–H and O–H groups in total. The second kappa shape index (κ2) is 6.76. The third-order valence-corrected chi connectivity index (χ3v) is 4.89. The molecule has 0 aromatic heterocycles. The molecule has 2 rings (SSSR count). The summed E-state index contributed by atoms with van der Waals surface area (Å²) in [4.78, 5) is 13.4. The Kier molecular flexibility index (Phi) is 5.20. The summed E-state index contributed by atoms with van der Waals surface area (Å²) >= 11 is 0. The molecule has 1 heterocycles. The van der Waals surface area contributed by atoms with E-state index in [9.17, 15) is 13.2 Å². The highest BCUT2D eigenvalue weighted by Gasteiger charge is 2.26. The van der Waals surface area contributed by atoms with Gasteiger partial charge >= 0.3 is 0 Å². The monoisotopic (exact) mass is 326 g/mol. The van der Waals surface area contributed by atoms with E-state index >= 15 is 0 Å². The van der Waals surface area contributed by atoms with Gasteiger partial charge in [0.1, 0.15) is 0 Å². The first-order valence-corrected chi connectivity index (χ1v) is 9.05. The zero-order chi connectivity index (χ0) is 16.3. The van der Waals surface area contributed by atoms with Crippen molar-refractivity contribution in [3.8, 4) is 0 Å². The topological polar surface area (TPSA) is 93.7 Å². The molecule has 3 atom stereocenters. The lowest BCUT2D eigenvalue weighted by Crippen LogP contribution is -3.15. The smallest absolute Gasteiger partial charge is 0.279 e. The number of rotatable bonds is 4. The van der Waals surface area contributed by atoms with Crippen LogP contribution in [0.4, 0.5) is 5.69 Å². The molecule has 1 aromatic rings. The maximum absolute atomic E-state index is 12.1. The lowest BCUT2D eigenvalue weighted by Gasteiger charge is -2.31. The minimum Gasteiger partial charge on any atom is -0.327 e. The SMILES string of the molecule is C[C@@H]1C[C@H](C)C[NH+](CC(=O)Nc2ccc(S(N)(=O)=O)cc2)C1. The van der Waals surface area contributed by atoms with E-state index in [4.69, 9.17) is 5.14 Å². The standard InChI is InChI=1S/C15H23N3O3S/c1-11-7-12(2)9-18(8-11)10-15(19)17-13-3-5-14(6-4-13)22(16,20)21/h3-6,11-12H,7-10H2,1-2H3,(H,17,19)(H2,16,20,21)/p+1/t11-,12+. The van der Waals surface area contributed by atoms with Crippen LogP contribution < -0.4 is 15.4 Å². The fraction of sp³-hybridized carbons (Fsp3) is 0.533. The molecule has 0 radical (unpaired) electrons. The molecule has 0 bridgehead atoms. The first-order valence-electron chi connectivity index (χ1n) is 7.50. The molecule has 0 saturated carbocycles. The van der Waals surface area contributed by atoms with E-state index in [2.05, 4.69) is 19.2 Å². The van der Waals surface area contributed by atoms with Gasteiger partial charge < -0.3 is 10.2 Å². The first kappa shape index (κ1) is 16.9. The van der Waals surface area contributed by atoms with Crippen LogP contribution in [-0.4, -0.2) is 34.0 Å². The largest absolute Gasteiger partial charge is 0.327 e. The van der Waals surface area contributed by atoms with Gasteiger partial charge in [-0.15, -0.1) is 0 Å². The molecule has 1 fully saturated rings. The summed E-state index contributed by atoms with van der Waals surface area (Å²) in [7, 11) is -3.70. The fourth-order valence-corrected chi connectivity index (χ4v) is 3.74. The molecule has 1 amide bonds. The highest BCUT2D eigenvalue weighted by atomic mass is 32.2. The molecule has 22 heavy (non-hydrogen) atoms. The van der Waals surface area contributed by atoms with Gasteiger partial charge in [0.05, 0.1) is 18.0 Å². The van der Waals surface area contributed by atoms with Crippen molar-refractivity contribution in [2.75, 3.05) is 25.0 Å². The van der Waals surface area contributed by atoms with Crippen LogP contribution in [0.2, 0.25) is 0 Å². The van der Waals surface area contributed by atoms with Crippen molar-refractivity contribution >= 4 is 21.6 Å². The summed E-state index contributed by atoms with van der Waals surface area (Å²) < 4.78 is 22.4. The molecule has 122 valence electrons. The van der Waals surface area contributed by atoms with E-state index in [0.29, 0.717) is 24.1 Å². The fourth-order valence-electron chi connectivity index (χ4n) is 3.23. The summed E-state index contributed by atoms with van der Waals surface area (Å²) in [6.45, 7) is 6.91. The van der Waals surface area contributed by atoms with Crippen LogP contribution >= 0.6 is 0 Å². The van der Waals surface area contributed by atoms with E-state index in [-0.39, 0.29) is 10.8 Å². The van der Waals surface area contributed by atoms with Crippen LogP contribution in [0.3, 0.4) is 0 Å². The van der Waals surface area contributed by atoms with Gasteiger partial charge in [0.15, 0.2) is 6.54 Å². The molecule has 1 unspecified atom stereocenters. The summed E-state index contributed by atoms with van der Waals surface area (Å²) in [5.41, 5.74) is 0.579. The number of quaternary nitrogens is 1. The summed E-state index contributed by atoms with van der Waals surface area (Å²) in [6, 6.07) is 5.88. The number of carbonyl (C=O) groups is 1. The Morgan fingerprint density at radius 2 is 1.77 bits per heavy atom. The average molecular weight is 326 g/mol. The Bertz CT molecular complexity index is 618. The summed E-state index contributed by atoms with van der Waals surface area (Å²) in [6.07, 6.45) is 1.22. The van der Waals surface area contributed by atoms with Gasteiger partial charge in [0.25, 0.3) is 5.91 Å². The number of piperidine rings is 1. The molecule has 1 aliphatic rings. The number of nitrogens with one attached hydrogen (secondary N) is 2. The quantitative estimate of drug-likeness (QED) is 0.717. The van der Waals surface area contributed by atoms with Crippen molar-refractivity contribution in [2.24, 2.45) is 17.0 Å². The summed E-state index contributed by atoms with van der Waals surface area (Å²) in [5.74, 6) is 1.22. The van der Waals surface area contributed by atoms with Crippen LogP contribution in [-0.2, 0) is 14.8 Å². The predicted octanol–water partition coefficient (Wildman–Crippen LogP) is -0.167. The van der Waals surface area contributed by atoms with Crippen LogP contribution in [0.15, 0.2) is 29.2 Å². The Hall–Kier alpha value is -1.44. The van der Waals surface area contributed by atoms with E-state index in [1.54, 1.807) is 12.1 Å². The zero-order valence-corrected chi connectivity index (χ0v) is 13.8. The van der Waals surface area contributed by atoms with E-state index in [1.165, 1.54) is 23.5 Å². The molecule has 1 saturated heterocycles. The highest BCUT2D eigenvalue weighted by molar-refractivity contribution is 7.89. The Morgan fingerprint density at radius 1 is 1.23 bits per heavy atom.